The molecule has 0 aliphatic carbocycles. The molecule has 0 saturated heterocycles. The van der Waals surface area contributed by atoms with Gasteiger partial charge >= 0.3 is 0 Å². The fourth-order valence-corrected chi connectivity index (χ4v) is 1.26. The molecule has 0 aliphatic heterocycles. The maximum Gasteiger partial charge on any atom is 0.130 e. The molecular weight excluding hydrogens is 212 g/mol. The van der Waals surface area contributed by atoms with Crippen molar-refractivity contribution in [1.82, 2.24) is 5.32 Å². The van der Waals surface area contributed by atoms with E-state index < -0.39 is 11.6 Å². The summed E-state index contributed by atoms with van der Waals surface area (Å²) in [4.78, 5) is 0. The quantitative estimate of drug-likeness (QED) is 0.837. The first-order valence-electron chi connectivity index (χ1n) is 5.15. The Morgan fingerprint density at radius 3 is 2.31 bits per heavy atom. The van der Waals surface area contributed by atoms with Crippen LogP contribution in [-0.2, 0) is 11.3 Å². The van der Waals surface area contributed by atoms with E-state index in [-0.39, 0.29) is 17.7 Å². The normalized spacial score (nSPS) is 11.8. The average Bonchev–Trinajstić information content (AvgIpc) is 2.22. The summed E-state index contributed by atoms with van der Waals surface area (Å²) in [5.41, 5.74) is -0.281. The lowest BCUT2D eigenvalue weighted by atomic mass is 10.1. The topological polar surface area (TPSA) is 21.3 Å². The number of rotatable bonds is 5. The first kappa shape index (κ1) is 13.1. The zero-order chi connectivity index (χ0) is 12.2. The van der Waals surface area contributed by atoms with Gasteiger partial charge in [-0.15, -0.1) is 0 Å². The van der Waals surface area contributed by atoms with E-state index in [0.29, 0.717) is 6.54 Å². The number of methoxy groups -OCH3 is 1. The van der Waals surface area contributed by atoms with E-state index in [2.05, 4.69) is 5.32 Å². The zero-order valence-corrected chi connectivity index (χ0v) is 9.81. The van der Waals surface area contributed by atoms with Gasteiger partial charge in [0.05, 0.1) is 5.60 Å². The van der Waals surface area contributed by atoms with Crippen LogP contribution < -0.4 is 5.32 Å². The van der Waals surface area contributed by atoms with E-state index in [1.807, 2.05) is 13.8 Å². The molecule has 0 unspecified atom stereocenters. The highest BCUT2D eigenvalue weighted by atomic mass is 19.1. The van der Waals surface area contributed by atoms with Crippen molar-refractivity contribution in [2.45, 2.75) is 26.0 Å². The van der Waals surface area contributed by atoms with Crippen molar-refractivity contribution in [3.63, 3.8) is 0 Å². The summed E-state index contributed by atoms with van der Waals surface area (Å²) >= 11 is 0. The molecule has 0 amide bonds. The third-order valence-electron chi connectivity index (χ3n) is 2.47. The Hall–Kier alpha value is -1.00. The Labute approximate surface area is 94.6 Å². The Morgan fingerprint density at radius 2 is 1.81 bits per heavy atom. The minimum atomic E-state index is -0.525. The van der Waals surface area contributed by atoms with Gasteiger partial charge in [0.1, 0.15) is 11.6 Å². The smallest absolute Gasteiger partial charge is 0.130 e. The van der Waals surface area contributed by atoms with Crippen molar-refractivity contribution >= 4 is 0 Å². The summed E-state index contributed by atoms with van der Waals surface area (Å²) in [7, 11) is 1.60. The average molecular weight is 229 g/mol. The molecule has 0 saturated carbocycles. The molecule has 0 heterocycles. The van der Waals surface area contributed by atoms with Crippen LogP contribution in [0.25, 0.3) is 0 Å². The van der Waals surface area contributed by atoms with Crippen molar-refractivity contribution < 1.29 is 13.5 Å². The second-order valence-corrected chi connectivity index (χ2v) is 4.27. The molecular formula is C12H17F2NO. The third-order valence-corrected chi connectivity index (χ3v) is 2.47. The zero-order valence-electron chi connectivity index (χ0n) is 9.81. The molecule has 1 aromatic rings. The van der Waals surface area contributed by atoms with Gasteiger partial charge in [-0.05, 0) is 26.0 Å². The van der Waals surface area contributed by atoms with Crippen molar-refractivity contribution in [2.24, 2.45) is 0 Å². The molecule has 16 heavy (non-hydrogen) atoms. The van der Waals surface area contributed by atoms with Gasteiger partial charge in [-0.2, -0.15) is 0 Å². The highest BCUT2D eigenvalue weighted by molar-refractivity contribution is 5.19. The molecule has 1 N–H and O–H groups in total. The predicted molar refractivity (Wildman–Crippen MR) is 59.2 cm³/mol. The van der Waals surface area contributed by atoms with Gasteiger partial charge in [0.2, 0.25) is 0 Å². The number of hydrogen-bond donors (Lipinski definition) is 1. The molecule has 1 aromatic carbocycles. The molecule has 0 spiro atoms. The molecule has 0 aliphatic rings. The van der Waals surface area contributed by atoms with Crippen LogP contribution in [0.4, 0.5) is 8.78 Å². The van der Waals surface area contributed by atoms with E-state index in [0.717, 1.165) is 0 Å². The van der Waals surface area contributed by atoms with Crippen LogP contribution in [0.2, 0.25) is 0 Å². The number of ether oxygens (including phenoxy) is 1. The first-order valence-corrected chi connectivity index (χ1v) is 5.15. The highest BCUT2D eigenvalue weighted by Crippen LogP contribution is 2.12. The van der Waals surface area contributed by atoms with Crippen molar-refractivity contribution in [1.29, 1.82) is 0 Å². The van der Waals surface area contributed by atoms with Crippen molar-refractivity contribution in [3.8, 4) is 0 Å². The Balaban J connectivity index is 2.56. The van der Waals surface area contributed by atoms with Gasteiger partial charge < -0.3 is 10.1 Å². The summed E-state index contributed by atoms with van der Waals surface area (Å²) in [5.74, 6) is -1.05. The monoisotopic (exact) mass is 229 g/mol. The van der Waals surface area contributed by atoms with Gasteiger partial charge in [0.15, 0.2) is 0 Å². The molecule has 2 nitrogen and oxygen atoms in total. The van der Waals surface area contributed by atoms with Crippen LogP contribution in [0.3, 0.4) is 0 Å². The lowest BCUT2D eigenvalue weighted by Gasteiger charge is -2.23. The summed E-state index contributed by atoms with van der Waals surface area (Å²) in [6, 6.07) is 3.86. The van der Waals surface area contributed by atoms with E-state index in [1.165, 1.54) is 18.2 Å². The van der Waals surface area contributed by atoms with Crippen LogP contribution in [-0.4, -0.2) is 19.3 Å². The molecule has 4 heteroatoms. The summed E-state index contributed by atoms with van der Waals surface area (Å²) < 4.78 is 31.7. The van der Waals surface area contributed by atoms with E-state index in [4.69, 9.17) is 4.74 Å². The van der Waals surface area contributed by atoms with Gasteiger partial charge in [-0.3, -0.25) is 0 Å². The molecule has 0 aromatic heterocycles. The van der Waals surface area contributed by atoms with Crippen LogP contribution in [0.15, 0.2) is 18.2 Å². The largest absolute Gasteiger partial charge is 0.377 e. The number of halogens is 2. The summed E-state index contributed by atoms with van der Waals surface area (Å²) in [6.45, 7) is 4.48. The predicted octanol–water partition coefficient (Wildman–Crippen LogP) is 2.48. The third kappa shape index (κ3) is 3.54. The molecule has 0 bridgehead atoms. The summed E-state index contributed by atoms with van der Waals surface area (Å²) in [6.07, 6.45) is 0. The van der Waals surface area contributed by atoms with Gasteiger partial charge in [-0.25, -0.2) is 8.78 Å². The highest BCUT2D eigenvalue weighted by Gasteiger charge is 2.16. The maximum absolute atomic E-state index is 13.2. The standard InChI is InChI=1S/C12H17F2NO/c1-12(2,16-3)8-15-7-9-10(13)5-4-6-11(9)14/h4-6,15H,7-8H2,1-3H3. The summed E-state index contributed by atoms with van der Waals surface area (Å²) in [5, 5.41) is 2.97. The second kappa shape index (κ2) is 5.37. The minimum absolute atomic E-state index is 0.0643. The second-order valence-electron chi connectivity index (χ2n) is 4.27. The Bertz CT molecular complexity index is 333. The number of nitrogens with one attached hydrogen (secondary N) is 1. The van der Waals surface area contributed by atoms with Crippen LogP contribution >= 0.6 is 0 Å². The fourth-order valence-electron chi connectivity index (χ4n) is 1.26. The van der Waals surface area contributed by atoms with Gasteiger partial charge in [0, 0.05) is 25.8 Å². The van der Waals surface area contributed by atoms with Crippen molar-refractivity contribution in [2.75, 3.05) is 13.7 Å². The fraction of sp³-hybridized carbons (Fsp3) is 0.500. The Kier molecular flexibility index (Phi) is 4.38. The Morgan fingerprint density at radius 1 is 1.25 bits per heavy atom. The molecule has 0 atom stereocenters. The van der Waals surface area contributed by atoms with Gasteiger partial charge in [-0.1, -0.05) is 6.07 Å². The molecule has 1 rings (SSSR count). The first-order chi connectivity index (χ1) is 7.46. The van der Waals surface area contributed by atoms with E-state index >= 15 is 0 Å². The molecule has 0 fully saturated rings. The lowest BCUT2D eigenvalue weighted by Crippen LogP contribution is -2.36. The van der Waals surface area contributed by atoms with Crippen LogP contribution in [0, 0.1) is 11.6 Å². The van der Waals surface area contributed by atoms with Crippen LogP contribution in [0.1, 0.15) is 19.4 Å². The maximum atomic E-state index is 13.2. The molecule has 90 valence electrons. The number of benzene rings is 1. The lowest BCUT2D eigenvalue weighted by molar-refractivity contribution is 0.0229. The van der Waals surface area contributed by atoms with Crippen LogP contribution in [0.5, 0.6) is 0 Å². The van der Waals surface area contributed by atoms with E-state index in [1.54, 1.807) is 7.11 Å². The van der Waals surface area contributed by atoms with Crippen molar-refractivity contribution in [3.05, 3.63) is 35.4 Å². The number of hydrogen-bond acceptors (Lipinski definition) is 2. The molecule has 0 radical (unpaired) electrons. The van der Waals surface area contributed by atoms with Gasteiger partial charge in [0.25, 0.3) is 0 Å². The minimum Gasteiger partial charge on any atom is -0.377 e. The SMILES string of the molecule is COC(C)(C)CNCc1c(F)cccc1F. The van der Waals surface area contributed by atoms with E-state index in [9.17, 15) is 8.78 Å².